The van der Waals surface area contributed by atoms with Crippen LogP contribution in [0.3, 0.4) is 0 Å². The summed E-state index contributed by atoms with van der Waals surface area (Å²) >= 11 is 0. The molecule has 0 spiro atoms. The minimum atomic E-state index is -0.494. The summed E-state index contributed by atoms with van der Waals surface area (Å²) < 4.78 is 5.59. The van der Waals surface area contributed by atoms with E-state index in [4.69, 9.17) is 4.42 Å². The summed E-state index contributed by atoms with van der Waals surface area (Å²) in [5, 5.41) is 15.8. The molecule has 0 aromatic carbocycles. The van der Waals surface area contributed by atoms with E-state index in [0.29, 0.717) is 32.6 Å². The number of nitrogens with one attached hydrogen (secondary N) is 3. The number of piperazine rings is 1. The van der Waals surface area contributed by atoms with Gasteiger partial charge in [-0.05, 0) is 19.1 Å². The molecule has 0 bridgehead atoms. The number of furan rings is 1. The van der Waals surface area contributed by atoms with Crippen molar-refractivity contribution in [3.8, 4) is 0 Å². The normalized spacial score (nSPS) is 18.1. The maximum absolute atomic E-state index is 12.2. The first-order chi connectivity index (χ1) is 12.1. The van der Waals surface area contributed by atoms with Crippen molar-refractivity contribution in [2.24, 2.45) is 0 Å². The maximum atomic E-state index is 12.2. The largest absolute Gasteiger partial charge is 0.465 e. The van der Waals surface area contributed by atoms with Crippen LogP contribution in [0.25, 0.3) is 0 Å². The SMILES string of the molecule is Cc1ccc(CN2CCNC(=O)C2CC(=O)NCCc2cn[nH]n2)o1. The second-order valence-corrected chi connectivity index (χ2v) is 6.06. The summed E-state index contributed by atoms with van der Waals surface area (Å²) in [6.07, 6.45) is 2.33. The minimum Gasteiger partial charge on any atom is -0.465 e. The van der Waals surface area contributed by atoms with Crippen molar-refractivity contribution in [3.05, 3.63) is 35.5 Å². The van der Waals surface area contributed by atoms with E-state index < -0.39 is 6.04 Å². The Morgan fingerprint density at radius 2 is 2.36 bits per heavy atom. The van der Waals surface area contributed by atoms with Gasteiger partial charge in [-0.25, -0.2) is 0 Å². The minimum absolute atomic E-state index is 0.115. The van der Waals surface area contributed by atoms with Gasteiger partial charge in [0, 0.05) is 26.1 Å². The summed E-state index contributed by atoms with van der Waals surface area (Å²) in [7, 11) is 0. The summed E-state index contributed by atoms with van der Waals surface area (Å²) in [4.78, 5) is 26.4. The van der Waals surface area contributed by atoms with Crippen LogP contribution in [0.15, 0.2) is 22.7 Å². The fourth-order valence-electron chi connectivity index (χ4n) is 2.87. The first-order valence-electron chi connectivity index (χ1n) is 8.30. The van der Waals surface area contributed by atoms with Crippen molar-refractivity contribution in [3.63, 3.8) is 0 Å². The highest BCUT2D eigenvalue weighted by molar-refractivity contribution is 5.88. The first-order valence-corrected chi connectivity index (χ1v) is 8.30. The highest BCUT2D eigenvalue weighted by Gasteiger charge is 2.32. The highest BCUT2D eigenvalue weighted by atomic mass is 16.3. The lowest BCUT2D eigenvalue weighted by Crippen LogP contribution is -2.56. The molecule has 2 amide bonds. The predicted octanol–water partition coefficient (Wildman–Crippen LogP) is -0.244. The van der Waals surface area contributed by atoms with E-state index >= 15 is 0 Å². The molecule has 0 saturated carbocycles. The van der Waals surface area contributed by atoms with Gasteiger partial charge in [-0.1, -0.05) is 0 Å². The molecule has 0 aliphatic carbocycles. The zero-order valence-corrected chi connectivity index (χ0v) is 14.1. The standard InChI is InChI=1S/C16H22N6O3/c1-11-2-3-13(25-11)10-22-7-6-18-16(24)14(22)8-15(23)17-5-4-12-9-19-21-20-12/h2-3,9,14H,4-8,10H2,1H3,(H,17,23)(H,18,24)(H,19,20,21). The number of hydrogen-bond acceptors (Lipinski definition) is 6. The summed E-state index contributed by atoms with van der Waals surface area (Å²) in [5.74, 6) is 1.34. The number of aromatic amines is 1. The van der Waals surface area contributed by atoms with Crippen LogP contribution in [0.1, 0.15) is 23.6 Å². The third kappa shape index (κ3) is 4.66. The van der Waals surface area contributed by atoms with E-state index in [-0.39, 0.29) is 18.2 Å². The van der Waals surface area contributed by atoms with Crippen molar-refractivity contribution in [2.75, 3.05) is 19.6 Å². The van der Waals surface area contributed by atoms with Gasteiger partial charge in [-0.15, -0.1) is 0 Å². The number of rotatable bonds is 7. The zero-order valence-electron chi connectivity index (χ0n) is 14.1. The number of hydrogen-bond donors (Lipinski definition) is 3. The Hall–Kier alpha value is -2.68. The number of carbonyl (C=O) groups excluding carboxylic acids is 2. The smallest absolute Gasteiger partial charge is 0.237 e. The molecule has 9 heteroatoms. The lowest BCUT2D eigenvalue weighted by Gasteiger charge is -2.34. The topological polar surface area (TPSA) is 116 Å². The molecule has 3 N–H and O–H groups in total. The maximum Gasteiger partial charge on any atom is 0.237 e. The van der Waals surface area contributed by atoms with Gasteiger partial charge in [0.2, 0.25) is 11.8 Å². The van der Waals surface area contributed by atoms with E-state index in [1.165, 1.54) is 0 Å². The lowest BCUT2D eigenvalue weighted by molar-refractivity contribution is -0.134. The van der Waals surface area contributed by atoms with Crippen LogP contribution < -0.4 is 10.6 Å². The monoisotopic (exact) mass is 346 g/mol. The molecule has 134 valence electrons. The van der Waals surface area contributed by atoms with Crippen LogP contribution in [0.5, 0.6) is 0 Å². The van der Waals surface area contributed by atoms with Crippen LogP contribution in [0.4, 0.5) is 0 Å². The molecule has 25 heavy (non-hydrogen) atoms. The van der Waals surface area contributed by atoms with E-state index in [0.717, 1.165) is 17.2 Å². The molecule has 3 heterocycles. The van der Waals surface area contributed by atoms with E-state index in [9.17, 15) is 9.59 Å². The fourth-order valence-corrected chi connectivity index (χ4v) is 2.87. The van der Waals surface area contributed by atoms with Crippen LogP contribution in [-0.4, -0.2) is 57.8 Å². The van der Waals surface area contributed by atoms with Gasteiger partial charge in [0.25, 0.3) is 0 Å². The average molecular weight is 346 g/mol. The number of aromatic nitrogens is 3. The fraction of sp³-hybridized carbons (Fsp3) is 0.500. The third-order valence-corrected chi connectivity index (χ3v) is 4.14. The van der Waals surface area contributed by atoms with Crippen molar-refractivity contribution >= 4 is 11.8 Å². The highest BCUT2D eigenvalue weighted by Crippen LogP contribution is 2.15. The quantitative estimate of drug-likeness (QED) is 0.637. The predicted molar refractivity (Wildman–Crippen MR) is 88.4 cm³/mol. The average Bonchev–Trinajstić information content (AvgIpc) is 3.23. The van der Waals surface area contributed by atoms with Crippen LogP contribution in [0.2, 0.25) is 0 Å². The molecule has 2 aromatic rings. The second-order valence-electron chi connectivity index (χ2n) is 6.06. The summed E-state index contributed by atoms with van der Waals surface area (Å²) in [6.45, 7) is 4.10. The van der Waals surface area contributed by atoms with Gasteiger partial charge in [0.15, 0.2) is 0 Å². The van der Waals surface area contributed by atoms with Crippen molar-refractivity contribution in [1.29, 1.82) is 0 Å². The molecule has 1 fully saturated rings. The molecule has 1 atom stereocenters. The number of carbonyl (C=O) groups is 2. The summed E-state index contributed by atoms with van der Waals surface area (Å²) in [5.41, 5.74) is 0.783. The van der Waals surface area contributed by atoms with E-state index in [1.54, 1.807) is 6.20 Å². The zero-order chi connectivity index (χ0) is 17.6. The molecular formula is C16H22N6O3. The van der Waals surface area contributed by atoms with Gasteiger partial charge in [-0.3, -0.25) is 14.5 Å². The van der Waals surface area contributed by atoms with Crippen molar-refractivity contribution < 1.29 is 14.0 Å². The Kier molecular flexibility index (Phi) is 5.44. The van der Waals surface area contributed by atoms with Crippen LogP contribution in [-0.2, 0) is 22.6 Å². The van der Waals surface area contributed by atoms with Crippen molar-refractivity contribution in [2.45, 2.75) is 32.4 Å². The van der Waals surface area contributed by atoms with Gasteiger partial charge in [0.1, 0.15) is 11.5 Å². The van der Waals surface area contributed by atoms with Gasteiger partial charge >= 0.3 is 0 Å². The Labute approximate surface area is 145 Å². The molecule has 1 unspecified atom stereocenters. The molecule has 3 rings (SSSR count). The Bertz CT molecular complexity index is 711. The third-order valence-electron chi connectivity index (χ3n) is 4.14. The van der Waals surface area contributed by atoms with Gasteiger partial charge < -0.3 is 15.1 Å². The lowest BCUT2D eigenvalue weighted by atomic mass is 10.1. The Morgan fingerprint density at radius 1 is 1.48 bits per heavy atom. The Balaban J connectivity index is 1.53. The molecule has 9 nitrogen and oxygen atoms in total. The number of aryl methyl sites for hydroxylation is 1. The number of nitrogens with zero attached hydrogens (tertiary/aromatic N) is 3. The molecule has 1 saturated heterocycles. The van der Waals surface area contributed by atoms with Crippen molar-refractivity contribution in [1.82, 2.24) is 30.9 Å². The molecule has 2 aromatic heterocycles. The molecule has 0 radical (unpaired) electrons. The first kappa shape index (κ1) is 17.2. The van der Waals surface area contributed by atoms with E-state index in [1.807, 2.05) is 24.0 Å². The Morgan fingerprint density at radius 3 is 3.08 bits per heavy atom. The van der Waals surface area contributed by atoms with Gasteiger partial charge in [0.05, 0.1) is 30.9 Å². The molecule has 1 aliphatic rings. The number of H-pyrrole nitrogens is 1. The van der Waals surface area contributed by atoms with Crippen LogP contribution in [0, 0.1) is 6.92 Å². The number of amides is 2. The van der Waals surface area contributed by atoms with Crippen LogP contribution >= 0.6 is 0 Å². The summed E-state index contributed by atoms with van der Waals surface area (Å²) in [6, 6.07) is 3.30. The van der Waals surface area contributed by atoms with Gasteiger partial charge in [-0.2, -0.15) is 15.4 Å². The second kappa shape index (κ2) is 7.93. The molecule has 1 aliphatic heterocycles. The molecular weight excluding hydrogens is 324 g/mol. The van der Waals surface area contributed by atoms with E-state index in [2.05, 4.69) is 26.0 Å².